The van der Waals surface area contributed by atoms with E-state index in [1.807, 2.05) is 23.9 Å². The Morgan fingerprint density at radius 1 is 1.37 bits per heavy atom. The van der Waals surface area contributed by atoms with Gasteiger partial charge < -0.3 is 9.67 Å². The predicted octanol–water partition coefficient (Wildman–Crippen LogP) is 1.63. The monoisotopic (exact) mass is 257 g/mol. The molecule has 5 nitrogen and oxygen atoms in total. The molecule has 3 rings (SSSR count). The van der Waals surface area contributed by atoms with Crippen LogP contribution in [0.1, 0.15) is 27.3 Å². The van der Waals surface area contributed by atoms with Crippen LogP contribution in [0, 0.1) is 0 Å². The maximum Gasteiger partial charge on any atom is 0.335 e. The summed E-state index contributed by atoms with van der Waals surface area (Å²) < 4.78 is 2.01. The molecule has 1 aliphatic heterocycles. The van der Waals surface area contributed by atoms with E-state index in [2.05, 4.69) is 9.88 Å². The fraction of sp³-hybridized carbons (Fsp3) is 0.286. The van der Waals surface area contributed by atoms with Gasteiger partial charge in [0.15, 0.2) is 0 Å². The van der Waals surface area contributed by atoms with Gasteiger partial charge in [-0.25, -0.2) is 9.78 Å². The Morgan fingerprint density at radius 3 is 2.84 bits per heavy atom. The molecule has 1 aliphatic rings. The standard InChI is InChI=1S/C14H15N3O2/c1-16-5-4-15-13(16)9-17-7-11-3-2-10(14(18)19)6-12(11)8-17/h2-6H,7-9H2,1H3,(H,18,19). The number of hydrogen-bond donors (Lipinski definition) is 1. The minimum atomic E-state index is -0.870. The van der Waals surface area contributed by atoms with Crippen LogP contribution in [0.2, 0.25) is 0 Å². The molecule has 98 valence electrons. The van der Waals surface area contributed by atoms with Crippen molar-refractivity contribution in [3.8, 4) is 0 Å². The molecule has 0 radical (unpaired) electrons. The number of carboxylic acid groups (broad SMARTS) is 1. The van der Waals surface area contributed by atoms with Crippen molar-refractivity contribution in [3.63, 3.8) is 0 Å². The van der Waals surface area contributed by atoms with Gasteiger partial charge in [-0.3, -0.25) is 4.90 Å². The number of imidazole rings is 1. The molecule has 0 saturated carbocycles. The van der Waals surface area contributed by atoms with E-state index in [1.54, 1.807) is 18.3 Å². The third-order valence-corrected chi connectivity index (χ3v) is 3.53. The summed E-state index contributed by atoms with van der Waals surface area (Å²) in [5.74, 6) is 0.150. The van der Waals surface area contributed by atoms with Gasteiger partial charge >= 0.3 is 5.97 Å². The summed E-state index contributed by atoms with van der Waals surface area (Å²) in [5.41, 5.74) is 2.67. The highest BCUT2D eigenvalue weighted by Gasteiger charge is 2.21. The maximum absolute atomic E-state index is 11.0. The zero-order chi connectivity index (χ0) is 13.4. The number of aromatic carboxylic acids is 1. The van der Waals surface area contributed by atoms with Gasteiger partial charge in [-0.15, -0.1) is 0 Å². The molecule has 0 spiro atoms. The zero-order valence-corrected chi connectivity index (χ0v) is 10.7. The van der Waals surface area contributed by atoms with E-state index < -0.39 is 5.97 Å². The number of benzene rings is 1. The summed E-state index contributed by atoms with van der Waals surface area (Å²) in [6, 6.07) is 5.36. The van der Waals surface area contributed by atoms with Crippen molar-refractivity contribution in [2.45, 2.75) is 19.6 Å². The first-order valence-electron chi connectivity index (χ1n) is 6.17. The SMILES string of the molecule is Cn1ccnc1CN1Cc2ccc(C(=O)O)cc2C1. The van der Waals surface area contributed by atoms with Gasteiger partial charge in [-0.05, 0) is 23.3 Å². The number of hydrogen-bond acceptors (Lipinski definition) is 3. The molecule has 0 aliphatic carbocycles. The smallest absolute Gasteiger partial charge is 0.335 e. The van der Waals surface area contributed by atoms with E-state index in [9.17, 15) is 4.79 Å². The molecule has 0 saturated heterocycles. The van der Waals surface area contributed by atoms with E-state index in [4.69, 9.17) is 5.11 Å². The molecule has 2 heterocycles. The minimum Gasteiger partial charge on any atom is -0.478 e. The number of aromatic nitrogens is 2. The second-order valence-corrected chi connectivity index (χ2v) is 4.89. The average Bonchev–Trinajstić information content (AvgIpc) is 2.95. The van der Waals surface area contributed by atoms with Crippen LogP contribution in [0.15, 0.2) is 30.6 Å². The summed E-state index contributed by atoms with van der Waals surface area (Å²) in [6.07, 6.45) is 3.72. The van der Waals surface area contributed by atoms with Gasteiger partial charge in [0.2, 0.25) is 0 Å². The molecule has 5 heteroatoms. The second kappa shape index (κ2) is 4.51. The lowest BCUT2D eigenvalue weighted by molar-refractivity contribution is 0.0696. The summed E-state index contributed by atoms with van der Waals surface area (Å²) in [4.78, 5) is 17.5. The Bertz CT molecular complexity index is 633. The zero-order valence-electron chi connectivity index (χ0n) is 10.7. The summed E-state index contributed by atoms with van der Waals surface area (Å²) >= 11 is 0. The summed E-state index contributed by atoms with van der Waals surface area (Å²) in [7, 11) is 1.98. The molecule has 1 N–H and O–H groups in total. The van der Waals surface area contributed by atoms with Crippen molar-refractivity contribution in [1.29, 1.82) is 0 Å². The van der Waals surface area contributed by atoms with Crippen LogP contribution in [0.3, 0.4) is 0 Å². The van der Waals surface area contributed by atoms with Crippen molar-refractivity contribution in [2.24, 2.45) is 7.05 Å². The van der Waals surface area contributed by atoms with Gasteiger partial charge in [-0.1, -0.05) is 6.07 Å². The molecular formula is C14H15N3O2. The molecule has 19 heavy (non-hydrogen) atoms. The predicted molar refractivity (Wildman–Crippen MR) is 69.6 cm³/mol. The Balaban J connectivity index is 1.77. The number of carbonyl (C=O) groups is 1. The largest absolute Gasteiger partial charge is 0.478 e. The third kappa shape index (κ3) is 2.24. The van der Waals surface area contributed by atoms with Gasteiger partial charge in [0.25, 0.3) is 0 Å². The minimum absolute atomic E-state index is 0.359. The Hall–Kier alpha value is -2.14. The summed E-state index contributed by atoms with van der Waals surface area (Å²) in [6.45, 7) is 2.41. The highest BCUT2D eigenvalue weighted by atomic mass is 16.4. The lowest BCUT2D eigenvalue weighted by Gasteiger charge is -2.13. The van der Waals surface area contributed by atoms with E-state index in [1.165, 1.54) is 5.56 Å². The first kappa shape index (κ1) is 11.9. The van der Waals surface area contributed by atoms with Gasteiger partial charge in [0.1, 0.15) is 5.82 Å². The molecule has 0 bridgehead atoms. The Morgan fingerprint density at radius 2 is 2.16 bits per heavy atom. The molecule has 2 aromatic rings. The van der Waals surface area contributed by atoms with Crippen LogP contribution >= 0.6 is 0 Å². The van der Waals surface area contributed by atoms with Crippen molar-refractivity contribution >= 4 is 5.97 Å². The van der Waals surface area contributed by atoms with Gasteiger partial charge in [0.05, 0.1) is 12.1 Å². The topological polar surface area (TPSA) is 58.4 Å². The quantitative estimate of drug-likeness (QED) is 0.908. The van der Waals surface area contributed by atoms with Crippen LogP contribution in [-0.2, 0) is 26.7 Å². The molecule has 1 aromatic carbocycles. The molecule has 0 unspecified atom stereocenters. The number of carboxylic acids is 1. The average molecular weight is 257 g/mol. The van der Waals surface area contributed by atoms with E-state index in [-0.39, 0.29) is 0 Å². The first-order chi connectivity index (χ1) is 9.13. The van der Waals surface area contributed by atoms with Crippen molar-refractivity contribution in [3.05, 3.63) is 53.1 Å². The number of fused-ring (bicyclic) bond motifs is 1. The maximum atomic E-state index is 11.0. The molecule has 0 amide bonds. The number of rotatable bonds is 3. The third-order valence-electron chi connectivity index (χ3n) is 3.53. The van der Waals surface area contributed by atoms with Crippen molar-refractivity contribution in [1.82, 2.24) is 14.5 Å². The molecular weight excluding hydrogens is 242 g/mol. The van der Waals surface area contributed by atoms with Crippen LogP contribution in [-0.4, -0.2) is 25.5 Å². The lowest BCUT2D eigenvalue weighted by Crippen LogP contribution is -2.18. The molecule has 0 fully saturated rings. The van der Waals surface area contributed by atoms with Crippen molar-refractivity contribution in [2.75, 3.05) is 0 Å². The number of nitrogens with zero attached hydrogens (tertiary/aromatic N) is 3. The second-order valence-electron chi connectivity index (χ2n) is 4.89. The van der Waals surface area contributed by atoms with Crippen LogP contribution < -0.4 is 0 Å². The van der Waals surface area contributed by atoms with E-state index in [0.717, 1.165) is 31.0 Å². The van der Waals surface area contributed by atoms with Gasteiger partial charge in [0, 0.05) is 32.5 Å². The molecule has 0 atom stereocenters. The van der Waals surface area contributed by atoms with Crippen LogP contribution in [0.25, 0.3) is 0 Å². The Labute approximate surface area is 111 Å². The number of aryl methyl sites for hydroxylation is 1. The molecule has 1 aromatic heterocycles. The highest BCUT2D eigenvalue weighted by Crippen LogP contribution is 2.25. The van der Waals surface area contributed by atoms with E-state index >= 15 is 0 Å². The highest BCUT2D eigenvalue weighted by molar-refractivity contribution is 5.87. The van der Waals surface area contributed by atoms with Crippen LogP contribution in [0.5, 0.6) is 0 Å². The lowest BCUT2D eigenvalue weighted by atomic mass is 10.1. The first-order valence-corrected chi connectivity index (χ1v) is 6.17. The van der Waals surface area contributed by atoms with Crippen molar-refractivity contribution < 1.29 is 9.90 Å². The van der Waals surface area contributed by atoms with E-state index in [0.29, 0.717) is 5.56 Å². The van der Waals surface area contributed by atoms with Gasteiger partial charge in [-0.2, -0.15) is 0 Å². The summed E-state index contributed by atoms with van der Waals surface area (Å²) in [5, 5.41) is 9.00. The Kier molecular flexibility index (Phi) is 2.83. The fourth-order valence-electron chi connectivity index (χ4n) is 2.46. The van der Waals surface area contributed by atoms with Crippen LogP contribution in [0.4, 0.5) is 0 Å². The normalized spacial score (nSPS) is 14.6. The fourth-order valence-corrected chi connectivity index (χ4v) is 2.46.